The highest BCUT2D eigenvalue weighted by atomic mass is 32.2. The van der Waals surface area contributed by atoms with Crippen molar-refractivity contribution in [3.05, 3.63) is 53.9 Å². The van der Waals surface area contributed by atoms with Gasteiger partial charge < -0.3 is 5.73 Å². The molecule has 2 rings (SSSR count). The highest BCUT2D eigenvalue weighted by molar-refractivity contribution is 7.89. The van der Waals surface area contributed by atoms with Gasteiger partial charge in [0, 0.05) is 31.2 Å². The van der Waals surface area contributed by atoms with Crippen LogP contribution in [0, 0.1) is 6.92 Å². The van der Waals surface area contributed by atoms with Crippen molar-refractivity contribution in [3.8, 4) is 0 Å². The Hall–Kier alpha value is -1.92. The van der Waals surface area contributed by atoms with Crippen LogP contribution in [0.3, 0.4) is 0 Å². The van der Waals surface area contributed by atoms with Crippen molar-refractivity contribution in [2.45, 2.75) is 25.3 Å². The molecular weight excluding hydrogens is 286 g/mol. The number of hydrogen-bond acceptors (Lipinski definition) is 4. The summed E-state index contributed by atoms with van der Waals surface area (Å²) in [6.07, 6.45) is 3.30. The lowest BCUT2D eigenvalue weighted by Crippen LogP contribution is -2.30. The number of pyridine rings is 1. The second-order valence-corrected chi connectivity index (χ2v) is 6.74. The number of rotatable bonds is 5. The van der Waals surface area contributed by atoms with Gasteiger partial charge >= 0.3 is 0 Å². The lowest BCUT2D eigenvalue weighted by atomic mass is 10.2. The van der Waals surface area contributed by atoms with Crippen molar-refractivity contribution >= 4 is 15.7 Å². The van der Waals surface area contributed by atoms with Crippen molar-refractivity contribution in [2.24, 2.45) is 0 Å². The lowest BCUT2D eigenvalue weighted by Gasteiger charge is -2.21. The SMILES string of the molecule is CCN(Cc1ccncc1)S(=O)(=O)c1ccc(C)c(N)c1. The van der Waals surface area contributed by atoms with E-state index in [-0.39, 0.29) is 4.90 Å². The Morgan fingerprint density at radius 1 is 1.19 bits per heavy atom. The number of sulfonamides is 1. The van der Waals surface area contributed by atoms with Crippen LogP contribution < -0.4 is 5.73 Å². The Morgan fingerprint density at radius 3 is 2.43 bits per heavy atom. The first-order valence-electron chi connectivity index (χ1n) is 6.70. The van der Waals surface area contributed by atoms with Crippen LogP contribution in [0.15, 0.2) is 47.6 Å². The Bertz CT molecular complexity index is 715. The summed E-state index contributed by atoms with van der Waals surface area (Å²) in [5, 5.41) is 0. The maximum atomic E-state index is 12.7. The van der Waals surface area contributed by atoms with Crippen LogP contribution in [0.2, 0.25) is 0 Å². The average molecular weight is 305 g/mol. The molecule has 1 heterocycles. The number of nitrogens with zero attached hydrogens (tertiary/aromatic N) is 2. The predicted octanol–water partition coefficient (Wildman–Crippen LogP) is 2.18. The van der Waals surface area contributed by atoms with E-state index in [1.165, 1.54) is 10.4 Å². The van der Waals surface area contributed by atoms with E-state index in [4.69, 9.17) is 5.73 Å². The normalized spacial score (nSPS) is 11.8. The number of nitrogens with two attached hydrogens (primary N) is 1. The number of aromatic nitrogens is 1. The standard InChI is InChI=1S/C15H19N3O2S/c1-3-18(11-13-6-8-17-9-7-13)21(19,20)14-5-4-12(2)15(16)10-14/h4-10H,3,11,16H2,1-2H3. The molecule has 0 spiro atoms. The third-order valence-corrected chi connectivity index (χ3v) is 5.27. The van der Waals surface area contributed by atoms with Gasteiger partial charge in [0.1, 0.15) is 0 Å². The summed E-state index contributed by atoms with van der Waals surface area (Å²) >= 11 is 0. The summed E-state index contributed by atoms with van der Waals surface area (Å²) < 4.78 is 26.8. The molecule has 2 N–H and O–H groups in total. The number of nitrogen functional groups attached to an aromatic ring is 1. The van der Waals surface area contributed by atoms with Crippen molar-refractivity contribution in [1.29, 1.82) is 0 Å². The number of anilines is 1. The van der Waals surface area contributed by atoms with Crippen LogP contribution in [0.4, 0.5) is 5.69 Å². The topological polar surface area (TPSA) is 76.3 Å². The van der Waals surface area contributed by atoms with Gasteiger partial charge in [-0.25, -0.2) is 8.42 Å². The maximum Gasteiger partial charge on any atom is 0.243 e. The Kier molecular flexibility index (Phi) is 4.59. The van der Waals surface area contributed by atoms with E-state index in [9.17, 15) is 8.42 Å². The largest absolute Gasteiger partial charge is 0.398 e. The minimum atomic E-state index is -3.56. The van der Waals surface area contributed by atoms with Crippen molar-refractivity contribution < 1.29 is 8.42 Å². The molecule has 0 amide bonds. The summed E-state index contributed by atoms with van der Waals surface area (Å²) in [6, 6.07) is 8.45. The van der Waals surface area contributed by atoms with Crippen LogP contribution in [0.5, 0.6) is 0 Å². The first kappa shape index (κ1) is 15.5. The summed E-state index contributed by atoms with van der Waals surface area (Å²) in [6.45, 7) is 4.37. The van der Waals surface area contributed by atoms with E-state index in [1.54, 1.807) is 24.5 Å². The van der Waals surface area contributed by atoms with E-state index in [1.807, 2.05) is 26.0 Å². The molecule has 1 aromatic carbocycles. The third-order valence-electron chi connectivity index (χ3n) is 3.35. The fourth-order valence-corrected chi connectivity index (χ4v) is 3.46. The summed E-state index contributed by atoms with van der Waals surface area (Å²) in [4.78, 5) is 4.16. The Balaban J connectivity index is 2.33. The molecule has 0 saturated carbocycles. The molecule has 0 aliphatic heterocycles. The molecule has 0 atom stereocenters. The molecule has 1 aromatic heterocycles. The van der Waals surface area contributed by atoms with Crippen LogP contribution >= 0.6 is 0 Å². The zero-order valence-corrected chi connectivity index (χ0v) is 13.0. The van der Waals surface area contributed by atoms with E-state index in [2.05, 4.69) is 4.98 Å². The van der Waals surface area contributed by atoms with Crippen molar-refractivity contribution in [3.63, 3.8) is 0 Å². The molecule has 6 heteroatoms. The Labute approximate surface area is 125 Å². The zero-order valence-electron chi connectivity index (χ0n) is 12.2. The van der Waals surface area contributed by atoms with Gasteiger partial charge in [-0.15, -0.1) is 0 Å². The van der Waals surface area contributed by atoms with E-state index >= 15 is 0 Å². The van der Waals surface area contributed by atoms with Crippen LogP contribution in [0.1, 0.15) is 18.1 Å². The molecule has 2 aromatic rings. The van der Waals surface area contributed by atoms with Gasteiger partial charge in [0.05, 0.1) is 4.90 Å². The second-order valence-electron chi connectivity index (χ2n) is 4.81. The van der Waals surface area contributed by atoms with Crippen LogP contribution in [-0.4, -0.2) is 24.3 Å². The summed E-state index contributed by atoms with van der Waals surface area (Å²) in [7, 11) is -3.56. The third kappa shape index (κ3) is 3.40. The first-order chi connectivity index (χ1) is 9.95. The number of benzene rings is 1. The molecule has 21 heavy (non-hydrogen) atoms. The van der Waals surface area contributed by atoms with Gasteiger partial charge in [-0.1, -0.05) is 13.0 Å². The fraction of sp³-hybridized carbons (Fsp3) is 0.267. The quantitative estimate of drug-likeness (QED) is 0.859. The zero-order chi connectivity index (χ0) is 15.5. The Morgan fingerprint density at radius 2 is 1.86 bits per heavy atom. The molecule has 0 saturated heterocycles. The number of hydrogen-bond donors (Lipinski definition) is 1. The minimum absolute atomic E-state index is 0.224. The van der Waals surface area contributed by atoms with E-state index in [0.29, 0.717) is 18.8 Å². The molecule has 0 fully saturated rings. The van der Waals surface area contributed by atoms with Gasteiger partial charge in [-0.2, -0.15) is 4.31 Å². The van der Waals surface area contributed by atoms with Crippen molar-refractivity contribution in [1.82, 2.24) is 9.29 Å². The smallest absolute Gasteiger partial charge is 0.243 e. The highest BCUT2D eigenvalue weighted by Gasteiger charge is 2.23. The summed E-state index contributed by atoms with van der Waals surface area (Å²) in [5.74, 6) is 0. The van der Waals surface area contributed by atoms with Crippen LogP contribution in [0.25, 0.3) is 0 Å². The monoisotopic (exact) mass is 305 g/mol. The van der Waals surface area contributed by atoms with E-state index < -0.39 is 10.0 Å². The van der Waals surface area contributed by atoms with Gasteiger partial charge in [0.15, 0.2) is 0 Å². The molecule has 0 aliphatic rings. The maximum absolute atomic E-state index is 12.7. The van der Waals surface area contributed by atoms with E-state index in [0.717, 1.165) is 11.1 Å². The predicted molar refractivity (Wildman–Crippen MR) is 83.1 cm³/mol. The second kappa shape index (κ2) is 6.24. The van der Waals surface area contributed by atoms with Gasteiger partial charge in [-0.3, -0.25) is 4.98 Å². The van der Waals surface area contributed by atoms with Gasteiger partial charge in [0.2, 0.25) is 10.0 Å². The van der Waals surface area contributed by atoms with Crippen LogP contribution in [-0.2, 0) is 16.6 Å². The fourth-order valence-electron chi connectivity index (χ4n) is 1.99. The average Bonchev–Trinajstić information content (AvgIpc) is 2.48. The summed E-state index contributed by atoms with van der Waals surface area (Å²) in [5.41, 5.74) is 8.07. The minimum Gasteiger partial charge on any atom is -0.398 e. The van der Waals surface area contributed by atoms with Crippen molar-refractivity contribution in [2.75, 3.05) is 12.3 Å². The first-order valence-corrected chi connectivity index (χ1v) is 8.14. The molecule has 0 unspecified atom stereocenters. The lowest BCUT2D eigenvalue weighted by molar-refractivity contribution is 0.423. The highest BCUT2D eigenvalue weighted by Crippen LogP contribution is 2.22. The molecule has 112 valence electrons. The number of aryl methyl sites for hydroxylation is 1. The molecular formula is C15H19N3O2S. The van der Waals surface area contributed by atoms with Gasteiger partial charge in [-0.05, 0) is 42.3 Å². The molecule has 0 radical (unpaired) electrons. The molecule has 0 bridgehead atoms. The molecule has 0 aliphatic carbocycles. The van der Waals surface area contributed by atoms with Gasteiger partial charge in [0.25, 0.3) is 0 Å². The molecule has 5 nitrogen and oxygen atoms in total.